The van der Waals surface area contributed by atoms with E-state index in [1.165, 1.54) is 38.3 Å². The Balaban J connectivity index is 0.00000240. The molecule has 2 aliphatic carbocycles. The Hall–Kier alpha value is -1.16. The van der Waals surface area contributed by atoms with Crippen molar-refractivity contribution in [3.8, 4) is 0 Å². The zero-order valence-electron chi connectivity index (χ0n) is 17.3. The average molecular weight is 516 g/mol. The number of guanidine groups is 1. The lowest BCUT2D eigenvalue weighted by Gasteiger charge is -2.22. The molecule has 2 saturated carbocycles. The van der Waals surface area contributed by atoms with E-state index in [0.717, 1.165) is 57.1 Å². The number of rotatable bonds is 9. The van der Waals surface area contributed by atoms with E-state index in [0.29, 0.717) is 5.82 Å². The van der Waals surface area contributed by atoms with Gasteiger partial charge in [-0.25, -0.2) is 9.37 Å². The molecule has 0 aromatic carbocycles. The van der Waals surface area contributed by atoms with Crippen LogP contribution in [0.25, 0.3) is 0 Å². The molecule has 1 atom stereocenters. The highest BCUT2D eigenvalue weighted by atomic mass is 127. The molecule has 1 aromatic heterocycles. The van der Waals surface area contributed by atoms with Crippen LogP contribution in [0, 0.1) is 11.7 Å². The fourth-order valence-corrected chi connectivity index (χ4v) is 3.98. The molecule has 1 unspecified atom stereocenters. The van der Waals surface area contributed by atoms with Crippen LogP contribution < -0.4 is 15.5 Å². The highest BCUT2D eigenvalue weighted by Gasteiger charge is 2.33. The predicted molar refractivity (Wildman–Crippen MR) is 127 cm³/mol. The summed E-state index contributed by atoms with van der Waals surface area (Å²) in [6.45, 7) is 7.61. The van der Waals surface area contributed by atoms with Gasteiger partial charge in [0.05, 0.1) is 6.54 Å². The number of nitrogens with zero attached hydrogens (tertiary/aromatic N) is 4. The van der Waals surface area contributed by atoms with Gasteiger partial charge in [-0.15, -0.1) is 24.0 Å². The van der Waals surface area contributed by atoms with Crippen LogP contribution in [0.4, 0.5) is 10.2 Å². The summed E-state index contributed by atoms with van der Waals surface area (Å²) >= 11 is 0. The summed E-state index contributed by atoms with van der Waals surface area (Å²) in [4.78, 5) is 13.7. The molecular weight excluding hydrogens is 482 g/mol. The summed E-state index contributed by atoms with van der Waals surface area (Å²) in [6.07, 6.45) is 8.14. The van der Waals surface area contributed by atoms with Crippen molar-refractivity contribution >= 4 is 35.8 Å². The summed E-state index contributed by atoms with van der Waals surface area (Å²) < 4.78 is 14.0. The lowest BCUT2D eigenvalue weighted by atomic mass is 10.3. The van der Waals surface area contributed by atoms with Gasteiger partial charge in [-0.2, -0.15) is 0 Å². The Morgan fingerprint density at radius 1 is 1.31 bits per heavy atom. The van der Waals surface area contributed by atoms with Crippen molar-refractivity contribution in [1.29, 1.82) is 0 Å². The van der Waals surface area contributed by atoms with Crippen molar-refractivity contribution in [3.05, 3.63) is 24.1 Å². The van der Waals surface area contributed by atoms with Crippen molar-refractivity contribution in [3.63, 3.8) is 0 Å². The normalized spacial score (nSPS) is 22.0. The Morgan fingerprint density at radius 3 is 2.83 bits per heavy atom. The van der Waals surface area contributed by atoms with Crippen LogP contribution in [-0.4, -0.2) is 67.2 Å². The van der Waals surface area contributed by atoms with Gasteiger partial charge in [-0.1, -0.05) is 0 Å². The second-order valence-electron chi connectivity index (χ2n) is 8.31. The lowest BCUT2D eigenvalue weighted by Crippen LogP contribution is -2.45. The second-order valence-corrected chi connectivity index (χ2v) is 8.31. The van der Waals surface area contributed by atoms with Crippen molar-refractivity contribution in [2.24, 2.45) is 10.9 Å². The van der Waals surface area contributed by atoms with Crippen molar-refractivity contribution in [1.82, 2.24) is 20.5 Å². The van der Waals surface area contributed by atoms with Crippen LogP contribution in [0.15, 0.2) is 23.3 Å². The Labute approximate surface area is 190 Å². The topological polar surface area (TPSA) is 55.8 Å². The summed E-state index contributed by atoms with van der Waals surface area (Å²) in [5.74, 6) is 2.01. The molecule has 29 heavy (non-hydrogen) atoms. The predicted octanol–water partition coefficient (Wildman–Crippen LogP) is 2.85. The maximum absolute atomic E-state index is 14.0. The summed E-state index contributed by atoms with van der Waals surface area (Å²) in [5.41, 5.74) is 0. The highest BCUT2D eigenvalue weighted by molar-refractivity contribution is 14.0. The molecule has 4 rings (SSSR count). The van der Waals surface area contributed by atoms with Gasteiger partial charge in [0, 0.05) is 51.0 Å². The van der Waals surface area contributed by atoms with Gasteiger partial charge in [0.25, 0.3) is 0 Å². The van der Waals surface area contributed by atoms with Crippen LogP contribution in [-0.2, 0) is 0 Å². The molecule has 0 bridgehead atoms. The molecule has 162 valence electrons. The minimum Gasteiger partial charge on any atom is -0.357 e. The van der Waals surface area contributed by atoms with Gasteiger partial charge in [0.15, 0.2) is 17.6 Å². The number of anilines is 1. The monoisotopic (exact) mass is 516 g/mol. The quantitative estimate of drug-likeness (QED) is 0.301. The standard InChI is InChI=1S/C21H33FN6.HI/c1-2-23-21(25-11-13-27(18-7-8-18)14-16-5-6-16)26-17-9-12-28(15-17)20-19(22)4-3-10-24-20;/h3-4,10,16-18H,2,5-9,11-15H2,1H3,(H2,23,25,26);1H. The first-order valence-corrected chi connectivity index (χ1v) is 10.9. The third kappa shape index (κ3) is 6.67. The molecule has 2 heterocycles. The summed E-state index contributed by atoms with van der Waals surface area (Å²) in [6, 6.07) is 4.17. The largest absolute Gasteiger partial charge is 0.357 e. The first-order valence-electron chi connectivity index (χ1n) is 10.9. The van der Waals surface area contributed by atoms with E-state index >= 15 is 0 Å². The molecule has 8 heteroatoms. The minimum absolute atomic E-state index is 0. The highest BCUT2D eigenvalue weighted by Crippen LogP contribution is 2.34. The Kier molecular flexibility index (Phi) is 8.35. The van der Waals surface area contributed by atoms with Crippen molar-refractivity contribution in [2.45, 2.75) is 51.1 Å². The van der Waals surface area contributed by atoms with Crippen LogP contribution in [0.2, 0.25) is 0 Å². The Morgan fingerprint density at radius 2 is 2.14 bits per heavy atom. The zero-order chi connectivity index (χ0) is 19.3. The SMILES string of the molecule is CCNC(=NCCN(CC1CC1)C1CC1)NC1CCN(c2ncccc2F)C1.I. The van der Waals surface area contributed by atoms with Gasteiger partial charge < -0.3 is 15.5 Å². The first kappa shape index (κ1) is 22.5. The molecule has 3 fully saturated rings. The lowest BCUT2D eigenvalue weighted by molar-refractivity contribution is 0.260. The minimum atomic E-state index is -0.250. The van der Waals surface area contributed by atoms with Gasteiger partial charge in [-0.3, -0.25) is 9.89 Å². The third-order valence-corrected chi connectivity index (χ3v) is 5.82. The maximum Gasteiger partial charge on any atom is 0.191 e. The maximum atomic E-state index is 14.0. The van der Waals surface area contributed by atoms with E-state index in [4.69, 9.17) is 4.99 Å². The number of hydrogen-bond donors (Lipinski definition) is 2. The second kappa shape index (κ2) is 10.7. The van der Waals surface area contributed by atoms with Crippen molar-refractivity contribution < 1.29 is 4.39 Å². The van der Waals surface area contributed by atoms with Crippen molar-refractivity contribution in [2.75, 3.05) is 44.2 Å². The van der Waals surface area contributed by atoms with E-state index in [2.05, 4.69) is 27.4 Å². The van der Waals surface area contributed by atoms with Crippen LogP contribution in [0.3, 0.4) is 0 Å². The molecule has 1 aromatic rings. The number of aromatic nitrogens is 1. The number of hydrogen-bond acceptors (Lipinski definition) is 4. The van der Waals surface area contributed by atoms with E-state index < -0.39 is 0 Å². The number of nitrogens with one attached hydrogen (secondary N) is 2. The van der Waals surface area contributed by atoms with Gasteiger partial charge in [0.1, 0.15) is 0 Å². The van der Waals surface area contributed by atoms with Gasteiger partial charge in [-0.05, 0) is 57.1 Å². The van der Waals surface area contributed by atoms with Gasteiger partial charge >= 0.3 is 0 Å². The molecule has 0 amide bonds. The van der Waals surface area contributed by atoms with E-state index in [1.54, 1.807) is 12.3 Å². The number of halogens is 2. The molecular formula is C21H34FIN6. The molecule has 0 radical (unpaired) electrons. The zero-order valence-corrected chi connectivity index (χ0v) is 19.6. The fraction of sp³-hybridized carbons (Fsp3) is 0.714. The van der Waals surface area contributed by atoms with E-state index in [9.17, 15) is 4.39 Å². The molecule has 1 saturated heterocycles. The molecule has 6 nitrogen and oxygen atoms in total. The molecule has 3 aliphatic rings. The smallest absolute Gasteiger partial charge is 0.191 e. The van der Waals surface area contributed by atoms with Crippen LogP contribution >= 0.6 is 24.0 Å². The number of pyridine rings is 1. The molecule has 2 N–H and O–H groups in total. The first-order chi connectivity index (χ1) is 13.7. The van der Waals surface area contributed by atoms with Crippen LogP contribution in [0.1, 0.15) is 39.0 Å². The van der Waals surface area contributed by atoms with Gasteiger partial charge in [0.2, 0.25) is 0 Å². The number of aliphatic imine (C=N–C) groups is 1. The fourth-order valence-electron chi connectivity index (χ4n) is 3.98. The van der Waals surface area contributed by atoms with E-state index in [1.807, 2.05) is 4.90 Å². The summed E-state index contributed by atoms with van der Waals surface area (Å²) in [7, 11) is 0. The Bertz CT molecular complexity index is 679. The molecule has 1 aliphatic heterocycles. The summed E-state index contributed by atoms with van der Waals surface area (Å²) in [5, 5.41) is 6.90. The van der Waals surface area contributed by atoms with E-state index in [-0.39, 0.29) is 35.8 Å². The molecule has 0 spiro atoms. The van der Waals surface area contributed by atoms with Crippen LogP contribution in [0.5, 0.6) is 0 Å². The average Bonchev–Trinajstić information content (AvgIpc) is 3.61. The third-order valence-electron chi connectivity index (χ3n) is 5.82.